The van der Waals surface area contributed by atoms with Crippen LogP contribution in [0, 0.1) is 10.1 Å². The average Bonchev–Trinajstić information content (AvgIpc) is 2.35. The molecule has 0 heterocycles. The molecule has 0 radical (unpaired) electrons. The van der Waals surface area contributed by atoms with Crippen molar-refractivity contribution in [2.24, 2.45) is 0 Å². The minimum Gasteiger partial charge on any atom is -0.481 e. The Hall–Kier alpha value is -2.44. The Morgan fingerprint density at radius 3 is 2.41 bits per heavy atom. The second-order valence-electron chi connectivity index (χ2n) is 6.21. The molecule has 2 N–H and O–H groups in total. The summed E-state index contributed by atoms with van der Waals surface area (Å²) < 4.78 is 0. The van der Waals surface area contributed by atoms with E-state index in [1.807, 2.05) is 20.8 Å². The molecule has 7 heteroatoms. The fourth-order valence-electron chi connectivity index (χ4n) is 2.08. The van der Waals surface area contributed by atoms with E-state index in [1.165, 1.54) is 12.1 Å². The molecule has 7 nitrogen and oxygen atoms in total. The molecule has 1 rings (SSSR count). The first kappa shape index (κ1) is 17.6. The molecular formula is C15H20N2O5. The molecule has 0 bridgehead atoms. The molecule has 0 spiro atoms. The number of hydrogen-bond acceptors (Lipinski definition) is 4. The minimum absolute atomic E-state index is 0.119. The number of benzene rings is 1. The second-order valence-corrected chi connectivity index (χ2v) is 6.21. The Morgan fingerprint density at radius 1 is 1.36 bits per heavy atom. The zero-order valence-electron chi connectivity index (χ0n) is 13.0. The molecule has 1 aromatic carbocycles. The summed E-state index contributed by atoms with van der Waals surface area (Å²) in [6.07, 6.45) is -0.214. The van der Waals surface area contributed by atoms with Crippen LogP contribution >= 0.6 is 0 Å². The van der Waals surface area contributed by atoms with Crippen LogP contribution in [0.15, 0.2) is 18.2 Å². The average molecular weight is 308 g/mol. The summed E-state index contributed by atoms with van der Waals surface area (Å²) in [5, 5.41) is 22.4. The van der Waals surface area contributed by atoms with Crippen LogP contribution in [0.1, 0.15) is 50.0 Å². The van der Waals surface area contributed by atoms with E-state index in [-0.39, 0.29) is 17.7 Å². The number of aliphatic carboxylic acids is 1. The lowest BCUT2D eigenvalue weighted by Gasteiger charge is -2.19. The smallest absolute Gasteiger partial charge is 0.305 e. The zero-order valence-corrected chi connectivity index (χ0v) is 13.0. The van der Waals surface area contributed by atoms with Crippen molar-refractivity contribution in [1.29, 1.82) is 0 Å². The van der Waals surface area contributed by atoms with Gasteiger partial charge in [-0.1, -0.05) is 26.8 Å². The first-order valence-corrected chi connectivity index (χ1v) is 6.84. The van der Waals surface area contributed by atoms with Gasteiger partial charge < -0.3 is 10.4 Å². The molecule has 1 atom stereocenters. The fraction of sp³-hybridized carbons (Fsp3) is 0.467. The molecule has 0 aliphatic heterocycles. The molecule has 1 aromatic rings. The van der Waals surface area contributed by atoms with E-state index in [0.29, 0.717) is 5.56 Å². The second kappa shape index (κ2) is 6.55. The van der Waals surface area contributed by atoms with E-state index < -0.39 is 28.3 Å². The third-order valence-corrected chi connectivity index (χ3v) is 3.12. The van der Waals surface area contributed by atoms with Gasteiger partial charge in [0.25, 0.3) is 11.6 Å². The van der Waals surface area contributed by atoms with Gasteiger partial charge in [-0.2, -0.15) is 0 Å². The molecule has 0 saturated carbocycles. The van der Waals surface area contributed by atoms with Gasteiger partial charge >= 0.3 is 5.97 Å². The maximum Gasteiger partial charge on any atom is 0.305 e. The van der Waals surface area contributed by atoms with Crippen LogP contribution in [0.4, 0.5) is 5.69 Å². The molecule has 0 aliphatic rings. The summed E-state index contributed by atoms with van der Waals surface area (Å²) in [5.74, 6) is -1.56. The lowest BCUT2D eigenvalue weighted by molar-refractivity contribution is -0.386. The lowest BCUT2D eigenvalue weighted by Crippen LogP contribution is -2.34. The van der Waals surface area contributed by atoms with E-state index in [2.05, 4.69) is 5.32 Å². The number of carbonyl (C=O) groups is 2. The monoisotopic (exact) mass is 308 g/mol. The first-order valence-electron chi connectivity index (χ1n) is 6.84. The highest BCUT2D eigenvalue weighted by atomic mass is 16.6. The molecule has 22 heavy (non-hydrogen) atoms. The highest BCUT2D eigenvalue weighted by Gasteiger charge is 2.26. The fourth-order valence-corrected chi connectivity index (χ4v) is 2.08. The third-order valence-electron chi connectivity index (χ3n) is 3.12. The number of hydrogen-bond donors (Lipinski definition) is 2. The summed E-state index contributed by atoms with van der Waals surface area (Å²) in [4.78, 5) is 33.3. The van der Waals surface area contributed by atoms with Gasteiger partial charge in [0.2, 0.25) is 0 Å². The number of nitro groups is 1. The molecular weight excluding hydrogens is 288 g/mol. The Kier molecular flexibility index (Phi) is 5.24. The van der Waals surface area contributed by atoms with Gasteiger partial charge in [0.05, 0.1) is 11.3 Å². The third kappa shape index (κ3) is 4.54. The molecule has 1 unspecified atom stereocenters. The molecule has 0 aliphatic carbocycles. The SMILES string of the molecule is CC(CC(=O)O)NC(=O)c1ccc(C(C)(C)C)c([N+](=O)[O-])c1. The summed E-state index contributed by atoms with van der Waals surface area (Å²) in [7, 11) is 0. The van der Waals surface area contributed by atoms with E-state index >= 15 is 0 Å². The Bertz CT molecular complexity index is 604. The van der Waals surface area contributed by atoms with Crippen molar-refractivity contribution in [3.05, 3.63) is 39.4 Å². The maximum atomic E-state index is 12.0. The predicted octanol–water partition coefficient (Wildman–Crippen LogP) is 2.49. The number of nitro benzene ring substituents is 1. The number of carboxylic acid groups (broad SMARTS) is 1. The van der Waals surface area contributed by atoms with Crippen LogP contribution in [0.5, 0.6) is 0 Å². The van der Waals surface area contributed by atoms with Crippen LogP contribution < -0.4 is 5.32 Å². The first-order chi connectivity index (χ1) is 10.0. The van der Waals surface area contributed by atoms with Gasteiger partial charge in [0, 0.05) is 23.2 Å². The van der Waals surface area contributed by atoms with Gasteiger partial charge in [0.15, 0.2) is 0 Å². The van der Waals surface area contributed by atoms with E-state index in [1.54, 1.807) is 13.0 Å². The Labute approximate surface area is 128 Å². The van der Waals surface area contributed by atoms with Crippen LogP contribution in [0.25, 0.3) is 0 Å². The van der Waals surface area contributed by atoms with Crippen molar-refractivity contribution < 1.29 is 19.6 Å². The van der Waals surface area contributed by atoms with Crippen molar-refractivity contribution in [2.45, 2.75) is 45.6 Å². The molecule has 0 fully saturated rings. The molecule has 120 valence electrons. The maximum absolute atomic E-state index is 12.0. The number of carbonyl (C=O) groups excluding carboxylic acids is 1. The van der Waals surface area contributed by atoms with Crippen LogP contribution in [0.3, 0.4) is 0 Å². The van der Waals surface area contributed by atoms with Gasteiger partial charge in [0.1, 0.15) is 0 Å². The van der Waals surface area contributed by atoms with Gasteiger partial charge in [-0.15, -0.1) is 0 Å². The quantitative estimate of drug-likeness (QED) is 0.641. The zero-order chi connectivity index (χ0) is 17.1. The van der Waals surface area contributed by atoms with Gasteiger partial charge in [-0.3, -0.25) is 19.7 Å². The van der Waals surface area contributed by atoms with Crippen molar-refractivity contribution in [1.82, 2.24) is 5.32 Å². The topological polar surface area (TPSA) is 110 Å². The highest BCUT2D eigenvalue weighted by molar-refractivity contribution is 5.95. The molecule has 0 aromatic heterocycles. The Balaban J connectivity index is 3.07. The van der Waals surface area contributed by atoms with E-state index in [0.717, 1.165) is 0 Å². The predicted molar refractivity (Wildman–Crippen MR) is 81.0 cm³/mol. The number of rotatable bonds is 5. The summed E-state index contributed by atoms with van der Waals surface area (Å²) in [6, 6.07) is 3.74. The van der Waals surface area contributed by atoms with Crippen molar-refractivity contribution >= 4 is 17.6 Å². The standard InChI is InChI=1S/C15H20N2O5/c1-9(7-13(18)19)16-14(20)10-5-6-11(15(2,3)4)12(8-10)17(21)22/h5-6,8-9H,7H2,1-4H3,(H,16,20)(H,18,19). The minimum atomic E-state index is -1.03. The van der Waals surface area contributed by atoms with Crippen molar-refractivity contribution in [3.63, 3.8) is 0 Å². The lowest BCUT2D eigenvalue weighted by atomic mass is 9.85. The number of nitrogens with zero attached hydrogens (tertiary/aromatic N) is 1. The van der Waals surface area contributed by atoms with Gasteiger partial charge in [-0.25, -0.2) is 0 Å². The van der Waals surface area contributed by atoms with Crippen LogP contribution in [-0.4, -0.2) is 27.9 Å². The summed E-state index contributed by atoms with van der Waals surface area (Å²) >= 11 is 0. The normalized spacial score (nSPS) is 12.5. The number of amides is 1. The van der Waals surface area contributed by atoms with Gasteiger partial charge in [-0.05, 0) is 18.4 Å². The summed E-state index contributed by atoms with van der Waals surface area (Å²) in [6.45, 7) is 7.11. The molecule has 0 saturated heterocycles. The van der Waals surface area contributed by atoms with Crippen molar-refractivity contribution in [2.75, 3.05) is 0 Å². The highest BCUT2D eigenvalue weighted by Crippen LogP contribution is 2.31. The summed E-state index contributed by atoms with van der Waals surface area (Å²) in [5.41, 5.74) is 0.129. The van der Waals surface area contributed by atoms with E-state index in [4.69, 9.17) is 5.11 Å². The molecule has 1 amide bonds. The van der Waals surface area contributed by atoms with Crippen LogP contribution in [-0.2, 0) is 10.2 Å². The van der Waals surface area contributed by atoms with Crippen molar-refractivity contribution in [3.8, 4) is 0 Å². The largest absolute Gasteiger partial charge is 0.481 e. The van der Waals surface area contributed by atoms with E-state index in [9.17, 15) is 19.7 Å². The number of carboxylic acids is 1. The Morgan fingerprint density at radius 2 is 1.95 bits per heavy atom. The van der Waals surface area contributed by atoms with Crippen LogP contribution in [0.2, 0.25) is 0 Å². The number of nitrogens with one attached hydrogen (secondary N) is 1.